The average Bonchev–Trinajstić information content (AvgIpc) is 2.44. The van der Waals surface area contributed by atoms with Gasteiger partial charge in [-0.25, -0.2) is 0 Å². The summed E-state index contributed by atoms with van der Waals surface area (Å²) in [6, 6.07) is 0.788. The fourth-order valence-electron chi connectivity index (χ4n) is 4.43. The molecule has 3 unspecified atom stereocenters. The van der Waals surface area contributed by atoms with Crippen LogP contribution >= 0.6 is 0 Å². The lowest BCUT2D eigenvalue weighted by molar-refractivity contribution is 0.170. The van der Waals surface area contributed by atoms with Gasteiger partial charge in [0, 0.05) is 6.04 Å². The van der Waals surface area contributed by atoms with Crippen molar-refractivity contribution in [3.8, 4) is 0 Å². The predicted octanol–water partition coefficient (Wildman–Crippen LogP) is 6.18. The van der Waals surface area contributed by atoms with Crippen molar-refractivity contribution < 1.29 is 0 Å². The minimum Gasteiger partial charge on any atom is -0.314 e. The number of hydrogen-bond donors (Lipinski definition) is 1. The third-order valence-electron chi connectivity index (χ3n) is 5.37. The molecule has 0 aliphatic heterocycles. The standard InChI is InChI=1S/C20H41N/c1-5-7-8-9-10-11-12-13-20(21-6-2)19-15-17(3)14-18(4)16-19/h17-21H,5-16H2,1-4H3. The van der Waals surface area contributed by atoms with Gasteiger partial charge >= 0.3 is 0 Å². The SMILES string of the molecule is CCCCCCCCCC(NCC)C1CC(C)CC(C)C1. The Labute approximate surface area is 134 Å². The van der Waals surface area contributed by atoms with Gasteiger partial charge in [0.1, 0.15) is 0 Å². The molecule has 0 saturated heterocycles. The molecular weight excluding hydrogens is 254 g/mol. The topological polar surface area (TPSA) is 12.0 Å². The van der Waals surface area contributed by atoms with E-state index in [9.17, 15) is 0 Å². The molecule has 1 nitrogen and oxygen atoms in total. The molecule has 1 aliphatic carbocycles. The van der Waals surface area contributed by atoms with Crippen molar-refractivity contribution in [2.45, 2.75) is 104 Å². The van der Waals surface area contributed by atoms with Crippen molar-refractivity contribution in [2.75, 3.05) is 6.54 Å². The number of unbranched alkanes of at least 4 members (excludes halogenated alkanes) is 6. The molecule has 126 valence electrons. The van der Waals surface area contributed by atoms with Gasteiger partial charge < -0.3 is 5.32 Å². The zero-order valence-electron chi connectivity index (χ0n) is 15.3. The lowest BCUT2D eigenvalue weighted by atomic mass is 9.73. The maximum absolute atomic E-state index is 3.80. The quantitative estimate of drug-likeness (QED) is 0.449. The van der Waals surface area contributed by atoms with E-state index in [1.165, 1.54) is 70.6 Å². The molecule has 1 fully saturated rings. The summed E-state index contributed by atoms with van der Waals surface area (Å²) < 4.78 is 0. The van der Waals surface area contributed by atoms with Crippen molar-refractivity contribution in [2.24, 2.45) is 17.8 Å². The molecule has 0 aromatic heterocycles. The summed E-state index contributed by atoms with van der Waals surface area (Å²) in [7, 11) is 0. The van der Waals surface area contributed by atoms with Crippen LogP contribution < -0.4 is 5.32 Å². The molecule has 21 heavy (non-hydrogen) atoms. The summed E-state index contributed by atoms with van der Waals surface area (Å²) >= 11 is 0. The first kappa shape index (κ1) is 19.0. The zero-order valence-corrected chi connectivity index (χ0v) is 15.3. The molecule has 1 saturated carbocycles. The highest BCUT2D eigenvalue weighted by Gasteiger charge is 2.29. The molecule has 0 bridgehead atoms. The fourth-order valence-corrected chi connectivity index (χ4v) is 4.43. The smallest absolute Gasteiger partial charge is 0.00954 e. The van der Waals surface area contributed by atoms with E-state index >= 15 is 0 Å². The van der Waals surface area contributed by atoms with Crippen molar-refractivity contribution in [1.82, 2.24) is 5.32 Å². The Morgan fingerprint density at radius 3 is 1.95 bits per heavy atom. The van der Waals surface area contributed by atoms with Crippen LogP contribution in [0.5, 0.6) is 0 Å². The van der Waals surface area contributed by atoms with Crippen molar-refractivity contribution in [3.05, 3.63) is 0 Å². The molecule has 1 heteroatoms. The van der Waals surface area contributed by atoms with E-state index in [2.05, 4.69) is 33.0 Å². The Balaban J connectivity index is 2.22. The van der Waals surface area contributed by atoms with Crippen LogP contribution in [0.15, 0.2) is 0 Å². The van der Waals surface area contributed by atoms with Gasteiger partial charge in [-0.15, -0.1) is 0 Å². The second-order valence-corrected chi connectivity index (χ2v) is 7.75. The summed E-state index contributed by atoms with van der Waals surface area (Å²) in [6.45, 7) is 10.6. The molecule has 0 radical (unpaired) electrons. The summed E-state index contributed by atoms with van der Waals surface area (Å²) in [5, 5.41) is 3.80. The highest BCUT2D eigenvalue weighted by Crippen LogP contribution is 2.35. The van der Waals surface area contributed by atoms with E-state index in [0.717, 1.165) is 30.3 Å². The van der Waals surface area contributed by atoms with Crippen molar-refractivity contribution >= 4 is 0 Å². The monoisotopic (exact) mass is 295 g/mol. The van der Waals surface area contributed by atoms with Gasteiger partial charge in [0.15, 0.2) is 0 Å². The molecule has 3 atom stereocenters. The number of hydrogen-bond acceptors (Lipinski definition) is 1. The second kappa shape index (κ2) is 11.5. The molecule has 1 aliphatic rings. The van der Waals surface area contributed by atoms with Crippen LogP contribution in [0.2, 0.25) is 0 Å². The first-order valence-corrected chi connectivity index (χ1v) is 9.90. The van der Waals surface area contributed by atoms with Gasteiger partial charge in [-0.1, -0.05) is 72.6 Å². The third-order valence-corrected chi connectivity index (χ3v) is 5.37. The van der Waals surface area contributed by atoms with Crippen LogP contribution in [-0.2, 0) is 0 Å². The van der Waals surface area contributed by atoms with Crippen molar-refractivity contribution in [3.63, 3.8) is 0 Å². The fraction of sp³-hybridized carbons (Fsp3) is 1.00. The maximum Gasteiger partial charge on any atom is 0.00954 e. The molecular formula is C20H41N. The van der Waals surface area contributed by atoms with Crippen LogP contribution in [-0.4, -0.2) is 12.6 Å². The maximum atomic E-state index is 3.80. The van der Waals surface area contributed by atoms with Crippen LogP contribution in [0.25, 0.3) is 0 Å². The number of rotatable bonds is 11. The predicted molar refractivity (Wildman–Crippen MR) is 95.7 cm³/mol. The van der Waals surface area contributed by atoms with Crippen LogP contribution in [0.3, 0.4) is 0 Å². The van der Waals surface area contributed by atoms with E-state index in [1.807, 2.05) is 0 Å². The first-order chi connectivity index (χ1) is 10.2. The van der Waals surface area contributed by atoms with Crippen LogP contribution in [0, 0.1) is 17.8 Å². The average molecular weight is 296 g/mol. The molecule has 0 aromatic carbocycles. The lowest BCUT2D eigenvalue weighted by Gasteiger charge is -2.37. The Kier molecular flexibility index (Phi) is 10.4. The summed E-state index contributed by atoms with van der Waals surface area (Å²) in [6.07, 6.45) is 15.8. The highest BCUT2D eigenvalue weighted by molar-refractivity contribution is 4.83. The molecule has 1 rings (SSSR count). The molecule has 0 spiro atoms. The van der Waals surface area contributed by atoms with E-state index in [1.54, 1.807) is 0 Å². The highest BCUT2D eigenvalue weighted by atomic mass is 14.9. The van der Waals surface area contributed by atoms with Gasteiger partial charge in [0.2, 0.25) is 0 Å². The van der Waals surface area contributed by atoms with Crippen LogP contribution in [0.1, 0.15) is 98.3 Å². The molecule has 0 amide bonds. The van der Waals surface area contributed by atoms with Crippen molar-refractivity contribution in [1.29, 1.82) is 0 Å². The van der Waals surface area contributed by atoms with Crippen LogP contribution in [0.4, 0.5) is 0 Å². The van der Waals surface area contributed by atoms with Gasteiger partial charge in [-0.3, -0.25) is 0 Å². The molecule has 0 heterocycles. The number of nitrogens with one attached hydrogen (secondary N) is 1. The lowest BCUT2D eigenvalue weighted by Crippen LogP contribution is -2.39. The summed E-state index contributed by atoms with van der Waals surface area (Å²) in [5.74, 6) is 2.81. The van der Waals surface area contributed by atoms with Gasteiger partial charge in [-0.2, -0.15) is 0 Å². The van der Waals surface area contributed by atoms with E-state index in [4.69, 9.17) is 0 Å². The van der Waals surface area contributed by atoms with Gasteiger partial charge in [-0.05, 0) is 50.0 Å². The normalized spacial score (nSPS) is 27.7. The Hall–Kier alpha value is -0.0400. The second-order valence-electron chi connectivity index (χ2n) is 7.75. The zero-order chi connectivity index (χ0) is 15.5. The minimum atomic E-state index is 0.788. The molecule has 1 N–H and O–H groups in total. The summed E-state index contributed by atoms with van der Waals surface area (Å²) in [4.78, 5) is 0. The Bertz CT molecular complexity index is 228. The Morgan fingerprint density at radius 1 is 0.810 bits per heavy atom. The summed E-state index contributed by atoms with van der Waals surface area (Å²) in [5.41, 5.74) is 0. The third kappa shape index (κ3) is 8.24. The van der Waals surface area contributed by atoms with E-state index < -0.39 is 0 Å². The van der Waals surface area contributed by atoms with Gasteiger partial charge in [0.05, 0.1) is 0 Å². The van der Waals surface area contributed by atoms with Gasteiger partial charge in [0.25, 0.3) is 0 Å². The Morgan fingerprint density at radius 2 is 1.38 bits per heavy atom. The van der Waals surface area contributed by atoms with E-state index in [0.29, 0.717) is 0 Å². The van der Waals surface area contributed by atoms with E-state index in [-0.39, 0.29) is 0 Å². The largest absolute Gasteiger partial charge is 0.314 e. The first-order valence-electron chi connectivity index (χ1n) is 9.90. The minimum absolute atomic E-state index is 0.788. The molecule has 0 aromatic rings.